The molecule has 0 radical (unpaired) electrons. The number of aromatic nitrogens is 2. The molecular formula is C22H24N4O5S2. The van der Waals surface area contributed by atoms with Gasteiger partial charge in [0.25, 0.3) is 15.9 Å². The van der Waals surface area contributed by atoms with Crippen molar-refractivity contribution in [3.63, 3.8) is 0 Å². The van der Waals surface area contributed by atoms with Crippen LogP contribution < -0.4 is 19.5 Å². The summed E-state index contributed by atoms with van der Waals surface area (Å²) in [5.74, 6) is 0.789. The molecule has 0 saturated heterocycles. The van der Waals surface area contributed by atoms with Crippen molar-refractivity contribution in [2.24, 2.45) is 0 Å². The van der Waals surface area contributed by atoms with Crippen LogP contribution in [0.1, 0.15) is 47.8 Å². The quantitative estimate of drug-likeness (QED) is 0.508. The highest BCUT2D eigenvalue weighted by Gasteiger charge is 2.37. The second-order valence-corrected chi connectivity index (χ2v) is 11.2. The van der Waals surface area contributed by atoms with Gasteiger partial charge in [-0.3, -0.25) is 10.1 Å². The summed E-state index contributed by atoms with van der Waals surface area (Å²) in [7, 11) is -2.47. The maximum absolute atomic E-state index is 13.1. The molecule has 2 heterocycles. The molecule has 33 heavy (non-hydrogen) atoms. The lowest BCUT2D eigenvalue weighted by Gasteiger charge is -2.37. The van der Waals surface area contributed by atoms with Crippen molar-refractivity contribution in [2.45, 2.75) is 43.2 Å². The van der Waals surface area contributed by atoms with Gasteiger partial charge in [0.1, 0.15) is 17.1 Å². The van der Waals surface area contributed by atoms with Gasteiger partial charge in [0, 0.05) is 17.5 Å². The Morgan fingerprint density at radius 1 is 1.18 bits per heavy atom. The van der Waals surface area contributed by atoms with Crippen molar-refractivity contribution in [3.8, 4) is 11.5 Å². The van der Waals surface area contributed by atoms with Gasteiger partial charge in [-0.05, 0) is 51.1 Å². The van der Waals surface area contributed by atoms with Crippen LogP contribution in [0.25, 0.3) is 0 Å². The smallest absolute Gasteiger partial charge is 0.270 e. The highest BCUT2D eigenvalue weighted by Crippen LogP contribution is 2.41. The molecule has 1 aliphatic rings. The van der Waals surface area contributed by atoms with E-state index in [9.17, 15) is 13.2 Å². The van der Waals surface area contributed by atoms with E-state index in [1.807, 2.05) is 32.9 Å². The summed E-state index contributed by atoms with van der Waals surface area (Å²) in [5, 5.41) is 10.3. The van der Waals surface area contributed by atoms with E-state index in [0.29, 0.717) is 29.0 Å². The Morgan fingerprint density at radius 2 is 1.91 bits per heavy atom. The number of carbonyl (C=O) groups excluding carboxylic acids is 1. The van der Waals surface area contributed by atoms with Gasteiger partial charge < -0.3 is 9.47 Å². The largest absolute Gasteiger partial charge is 0.497 e. The molecule has 1 amide bonds. The molecule has 1 aliphatic heterocycles. The second-order valence-electron chi connectivity index (χ2n) is 8.34. The molecule has 4 rings (SSSR count). The summed E-state index contributed by atoms with van der Waals surface area (Å²) < 4.78 is 39.9. The molecule has 11 heteroatoms. The first-order chi connectivity index (χ1) is 15.6. The Morgan fingerprint density at radius 3 is 2.61 bits per heavy atom. The summed E-state index contributed by atoms with van der Waals surface area (Å²) in [6, 6.07) is 11.7. The zero-order valence-electron chi connectivity index (χ0n) is 18.6. The van der Waals surface area contributed by atoms with E-state index in [2.05, 4.69) is 20.2 Å². The summed E-state index contributed by atoms with van der Waals surface area (Å²) in [6.07, 6.45) is 0.405. The Bertz CT molecular complexity index is 1290. The Labute approximate surface area is 196 Å². The van der Waals surface area contributed by atoms with Gasteiger partial charge in [0.15, 0.2) is 0 Å². The van der Waals surface area contributed by atoms with E-state index in [-0.39, 0.29) is 9.47 Å². The minimum atomic E-state index is -4.01. The summed E-state index contributed by atoms with van der Waals surface area (Å²) in [5.41, 5.74) is 1.56. The highest BCUT2D eigenvalue weighted by atomic mass is 32.2. The van der Waals surface area contributed by atoms with Crippen LogP contribution in [0.3, 0.4) is 0 Å². The molecule has 0 unspecified atom stereocenters. The molecule has 0 bridgehead atoms. The molecule has 2 N–H and O–H groups in total. The average Bonchev–Trinajstić information content (AvgIpc) is 3.22. The fraction of sp³-hybridized carbons (Fsp3) is 0.318. The standard InChI is InChI=1S/C22H24N4O5S2/c1-13-5-7-14(8-6-13)19(27)23-20-24-25-21(32-20)33(28,29)26-17-12-22(2,3)31-18-10-9-15(30-4)11-16(17)18/h5-11,17,26H,12H2,1-4H3,(H,23,24,27)/t17-/m1/s1. The van der Waals surface area contributed by atoms with Crippen molar-refractivity contribution in [1.82, 2.24) is 14.9 Å². The van der Waals surface area contributed by atoms with Gasteiger partial charge in [-0.1, -0.05) is 29.0 Å². The maximum Gasteiger partial charge on any atom is 0.270 e. The third-order valence-corrected chi connectivity index (χ3v) is 7.82. The van der Waals surface area contributed by atoms with Crippen LogP contribution in [0.15, 0.2) is 46.8 Å². The molecule has 0 fully saturated rings. The van der Waals surface area contributed by atoms with E-state index in [0.717, 1.165) is 16.9 Å². The number of sulfonamides is 1. The van der Waals surface area contributed by atoms with E-state index >= 15 is 0 Å². The van der Waals surface area contributed by atoms with Crippen LogP contribution in [0.2, 0.25) is 0 Å². The number of aryl methyl sites for hydroxylation is 1. The Hall–Kier alpha value is -3.02. The van der Waals surface area contributed by atoms with E-state index < -0.39 is 27.6 Å². The number of nitrogens with one attached hydrogen (secondary N) is 2. The predicted octanol–water partition coefficient (Wildman–Crippen LogP) is 3.69. The Balaban J connectivity index is 1.54. The number of anilines is 1. The predicted molar refractivity (Wildman–Crippen MR) is 124 cm³/mol. The summed E-state index contributed by atoms with van der Waals surface area (Å²) >= 11 is 0.783. The molecule has 0 saturated carbocycles. The summed E-state index contributed by atoms with van der Waals surface area (Å²) in [6.45, 7) is 5.71. The molecule has 2 aromatic carbocycles. The van der Waals surface area contributed by atoms with Gasteiger partial charge in [0.05, 0.1) is 13.2 Å². The average molecular weight is 489 g/mol. The molecule has 0 spiro atoms. The fourth-order valence-electron chi connectivity index (χ4n) is 3.55. The van der Waals surface area contributed by atoms with Crippen LogP contribution in [-0.4, -0.2) is 37.2 Å². The van der Waals surface area contributed by atoms with Crippen LogP contribution >= 0.6 is 11.3 Å². The fourth-order valence-corrected chi connectivity index (χ4v) is 5.67. The first-order valence-electron chi connectivity index (χ1n) is 10.2. The number of rotatable bonds is 6. The third-order valence-electron chi connectivity index (χ3n) is 5.14. The van der Waals surface area contributed by atoms with Crippen LogP contribution in [-0.2, 0) is 10.0 Å². The number of nitrogens with zero attached hydrogens (tertiary/aromatic N) is 2. The minimum Gasteiger partial charge on any atom is -0.497 e. The lowest BCUT2D eigenvalue weighted by atomic mass is 9.90. The van der Waals surface area contributed by atoms with Crippen molar-refractivity contribution in [3.05, 3.63) is 59.2 Å². The zero-order valence-corrected chi connectivity index (χ0v) is 20.2. The highest BCUT2D eigenvalue weighted by molar-refractivity contribution is 7.91. The second kappa shape index (κ2) is 8.73. The Kier molecular flexibility index (Phi) is 6.12. The van der Waals surface area contributed by atoms with E-state index in [4.69, 9.17) is 9.47 Å². The van der Waals surface area contributed by atoms with Crippen molar-refractivity contribution < 1.29 is 22.7 Å². The molecule has 1 aromatic heterocycles. The molecule has 3 aromatic rings. The van der Waals surface area contributed by atoms with E-state index in [1.54, 1.807) is 37.4 Å². The van der Waals surface area contributed by atoms with Crippen LogP contribution in [0, 0.1) is 6.92 Å². The number of ether oxygens (including phenoxy) is 2. The van der Waals surface area contributed by atoms with Gasteiger partial charge in [-0.25, -0.2) is 13.1 Å². The van der Waals surface area contributed by atoms with Crippen molar-refractivity contribution >= 4 is 32.4 Å². The van der Waals surface area contributed by atoms with Crippen LogP contribution in [0.5, 0.6) is 11.5 Å². The van der Waals surface area contributed by atoms with Crippen molar-refractivity contribution in [2.75, 3.05) is 12.4 Å². The number of methoxy groups -OCH3 is 1. The molecule has 9 nitrogen and oxygen atoms in total. The summed E-state index contributed by atoms with van der Waals surface area (Å²) in [4.78, 5) is 12.4. The number of benzene rings is 2. The number of fused-ring (bicyclic) bond motifs is 1. The SMILES string of the molecule is COc1ccc2c(c1)[C@H](NS(=O)(=O)c1nnc(NC(=O)c3ccc(C)cc3)s1)CC(C)(C)O2. The normalized spacial score (nSPS) is 17.0. The zero-order chi connectivity index (χ0) is 23.8. The van der Waals surface area contributed by atoms with Gasteiger partial charge >= 0.3 is 0 Å². The molecule has 174 valence electrons. The monoisotopic (exact) mass is 488 g/mol. The molecule has 0 aliphatic carbocycles. The number of carbonyl (C=O) groups is 1. The van der Waals surface area contributed by atoms with Gasteiger partial charge in [-0.15, -0.1) is 10.2 Å². The van der Waals surface area contributed by atoms with Crippen LogP contribution in [0.4, 0.5) is 5.13 Å². The molecular weight excluding hydrogens is 464 g/mol. The third kappa shape index (κ3) is 5.15. The lowest BCUT2D eigenvalue weighted by Crippen LogP contribution is -2.41. The first kappa shape index (κ1) is 23.1. The number of hydrogen-bond donors (Lipinski definition) is 2. The van der Waals surface area contributed by atoms with Crippen molar-refractivity contribution in [1.29, 1.82) is 0 Å². The topological polar surface area (TPSA) is 120 Å². The van der Waals surface area contributed by atoms with Gasteiger partial charge in [0.2, 0.25) is 9.47 Å². The lowest BCUT2D eigenvalue weighted by molar-refractivity contribution is 0.0700. The first-order valence-corrected chi connectivity index (χ1v) is 12.5. The molecule has 1 atom stereocenters. The minimum absolute atomic E-state index is 0.0929. The van der Waals surface area contributed by atoms with Gasteiger partial charge in [-0.2, -0.15) is 0 Å². The maximum atomic E-state index is 13.1. The number of hydrogen-bond acceptors (Lipinski definition) is 8. The number of amides is 1. The van der Waals surface area contributed by atoms with E-state index in [1.165, 1.54) is 0 Å².